The molecule has 1 aliphatic rings. The fourth-order valence-electron chi connectivity index (χ4n) is 3.29. The van der Waals surface area contributed by atoms with E-state index in [9.17, 15) is 0 Å². The largest absolute Gasteiger partial charge is 0.478 e. The van der Waals surface area contributed by atoms with E-state index in [4.69, 9.17) is 9.47 Å². The van der Waals surface area contributed by atoms with E-state index >= 15 is 0 Å². The number of pyridine rings is 1. The number of guanidine groups is 1. The van der Waals surface area contributed by atoms with Crippen LogP contribution in [0.15, 0.2) is 47.6 Å². The maximum Gasteiger partial charge on any atom is 0.218 e. The van der Waals surface area contributed by atoms with Gasteiger partial charge in [0.1, 0.15) is 0 Å². The van der Waals surface area contributed by atoms with Crippen LogP contribution < -0.4 is 15.4 Å². The summed E-state index contributed by atoms with van der Waals surface area (Å²) >= 11 is 0. The van der Waals surface area contributed by atoms with Gasteiger partial charge in [-0.05, 0) is 24.1 Å². The van der Waals surface area contributed by atoms with E-state index in [1.807, 2.05) is 19.1 Å². The van der Waals surface area contributed by atoms with Crippen molar-refractivity contribution >= 4 is 5.96 Å². The lowest BCUT2D eigenvalue weighted by Gasteiger charge is -2.27. The van der Waals surface area contributed by atoms with Gasteiger partial charge in [0.15, 0.2) is 5.96 Å². The highest BCUT2D eigenvalue weighted by Gasteiger charge is 2.13. The summed E-state index contributed by atoms with van der Waals surface area (Å²) in [5, 5.41) is 6.77. The van der Waals surface area contributed by atoms with Crippen LogP contribution in [0.3, 0.4) is 0 Å². The molecule has 7 heteroatoms. The van der Waals surface area contributed by atoms with Crippen molar-refractivity contribution in [2.45, 2.75) is 26.6 Å². The van der Waals surface area contributed by atoms with Crippen LogP contribution >= 0.6 is 0 Å². The minimum Gasteiger partial charge on any atom is -0.478 e. The van der Waals surface area contributed by atoms with E-state index in [-0.39, 0.29) is 0 Å². The molecule has 0 amide bonds. The Hall–Kier alpha value is -2.64. The van der Waals surface area contributed by atoms with Crippen LogP contribution in [0.4, 0.5) is 0 Å². The van der Waals surface area contributed by atoms with Crippen molar-refractivity contribution in [2.24, 2.45) is 4.99 Å². The maximum absolute atomic E-state index is 5.60. The molecule has 0 aliphatic carbocycles. The van der Waals surface area contributed by atoms with Crippen molar-refractivity contribution < 1.29 is 9.47 Å². The second kappa shape index (κ2) is 11.4. The first kappa shape index (κ1) is 21.1. The molecule has 1 aromatic carbocycles. The van der Waals surface area contributed by atoms with Crippen LogP contribution in [0.2, 0.25) is 0 Å². The lowest BCUT2D eigenvalue weighted by Crippen LogP contribution is -2.37. The van der Waals surface area contributed by atoms with Gasteiger partial charge in [0.2, 0.25) is 5.88 Å². The second-order valence-electron chi connectivity index (χ2n) is 6.84. The predicted octanol–water partition coefficient (Wildman–Crippen LogP) is 2.18. The summed E-state index contributed by atoms with van der Waals surface area (Å²) in [6.07, 6.45) is 1.74. The van der Waals surface area contributed by atoms with Gasteiger partial charge in [0, 0.05) is 51.5 Å². The fourth-order valence-corrected chi connectivity index (χ4v) is 3.29. The van der Waals surface area contributed by atoms with Crippen LogP contribution in [0.5, 0.6) is 5.88 Å². The van der Waals surface area contributed by atoms with Crippen molar-refractivity contribution in [3.05, 3.63) is 59.3 Å². The number of nitrogens with one attached hydrogen (secondary N) is 2. The topological polar surface area (TPSA) is 71.0 Å². The zero-order valence-electron chi connectivity index (χ0n) is 17.4. The number of nitrogens with zero attached hydrogens (tertiary/aromatic N) is 3. The average Bonchev–Trinajstić information content (AvgIpc) is 2.77. The third kappa shape index (κ3) is 6.44. The number of hydrogen-bond donors (Lipinski definition) is 2. The molecular formula is C22H31N5O2. The molecule has 1 aromatic heterocycles. The number of benzene rings is 1. The standard InChI is InChI=1S/C22H31N5O2/c1-3-29-21-19(9-6-10-24-21)16-26-22(23-2)25-15-18-7-4-5-8-20(18)17-27-11-13-28-14-12-27/h4-10H,3,11-17H2,1-2H3,(H2,23,25,26). The van der Waals surface area contributed by atoms with E-state index in [1.165, 1.54) is 11.1 Å². The Labute approximate surface area is 173 Å². The van der Waals surface area contributed by atoms with E-state index in [2.05, 4.69) is 49.8 Å². The zero-order valence-corrected chi connectivity index (χ0v) is 17.4. The van der Waals surface area contributed by atoms with Gasteiger partial charge >= 0.3 is 0 Å². The van der Waals surface area contributed by atoms with Crippen molar-refractivity contribution in [1.82, 2.24) is 20.5 Å². The van der Waals surface area contributed by atoms with Crippen molar-refractivity contribution in [3.63, 3.8) is 0 Å². The molecule has 2 N–H and O–H groups in total. The Kier molecular flexibility index (Phi) is 8.27. The van der Waals surface area contributed by atoms with Gasteiger partial charge in [-0.25, -0.2) is 4.98 Å². The van der Waals surface area contributed by atoms with Crippen molar-refractivity contribution in [3.8, 4) is 5.88 Å². The summed E-state index contributed by atoms with van der Waals surface area (Å²) in [6.45, 7) is 8.41. The zero-order chi connectivity index (χ0) is 20.3. The third-order valence-electron chi connectivity index (χ3n) is 4.86. The van der Waals surface area contributed by atoms with Gasteiger partial charge in [-0.15, -0.1) is 0 Å². The SMILES string of the molecule is CCOc1ncccc1CNC(=NC)NCc1ccccc1CN1CCOCC1. The van der Waals surface area contributed by atoms with E-state index < -0.39 is 0 Å². The summed E-state index contributed by atoms with van der Waals surface area (Å²) in [5.41, 5.74) is 3.62. The minimum absolute atomic E-state index is 0.594. The molecule has 0 radical (unpaired) electrons. The Morgan fingerprint density at radius 2 is 1.76 bits per heavy atom. The number of hydrogen-bond acceptors (Lipinski definition) is 5. The monoisotopic (exact) mass is 397 g/mol. The fraction of sp³-hybridized carbons (Fsp3) is 0.455. The van der Waals surface area contributed by atoms with Gasteiger partial charge in [-0.3, -0.25) is 9.89 Å². The predicted molar refractivity (Wildman–Crippen MR) is 115 cm³/mol. The molecule has 2 heterocycles. The molecule has 0 spiro atoms. The Morgan fingerprint density at radius 1 is 1.07 bits per heavy atom. The number of morpholine rings is 1. The minimum atomic E-state index is 0.594. The van der Waals surface area contributed by atoms with Gasteiger partial charge < -0.3 is 20.1 Å². The van der Waals surface area contributed by atoms with Crippen LogP contribution in [-0.4, -0.2) is 55.8 Å². The number of rotatable bonds is 8. The number of aromatic nitrogens is 1. The second-order valence-corrected chi connectivity index (χ2v) is 6.84. The molecule has 1 fully saturated rings. The van der Waals surface area contributed by atoms with E-state index in [0.29, 0.717) is 25.6 Å². The normalized spacial score (nSPS) is 15.2. The third-order valence-corrected chi connectivity index (χ3v) is 4.86. The summed E-state index contributed by atoms with van der Waals surface area (Å²) in [5.74, 6) is 1.41. The summed E-state index contributed by atoms with van der Waals surface area (Å²) in [4.78, 5) is 11.1. The van der Waals surface area contributed by atoms with E-state index in [1.54, 1.807) is 13.2 Å². The van der Waals surface area contributed by atoms with E-state index in [0.717, 1.165) is 44.4 Å². The van der Waals surface area contributed by atoms with Crippen molar-refractivity contribution in [2.75, 3.05) is 40.0 Å². The van der Waals surface area contributed by atoms with Crippen LogP contribution in [0.1, 0.15) is 23.6 Å². The van der Waals surface area contributed by atoms with Crippen LogP contribution in [-0.2, 0) is 24.4 Å². The highest BCUT2D eigenvalue weighted by Crippen LogP contribution is 2.14. The summed E-state index contributed by atoms with van der Waals surface area (Å²) in [7, 11) is 1.78. The molecule has 7 nitrogen and oxygen atoms in total. The van der Waals surface area contributed by atoms with Gasteiger partial charge in [0.05, 0.1) is 19.8 Å². The van der Waals surface area contributed by atoms with Crippen molar-refractivity contribution in [1.29, 1.82) is 0 Å². The van der Waals surface area contributed by atoms with Gasteiger partial charge in [-0.2, -0.15) is 0 Å². The maximum atomic E-state index is 5.60. The van der Waals surface area contributed by atoms with Crippen LogP contribution in [0, 0.1) is 0 Å². The highest BCUT2D eigenvalue weighted by molar-refractivity contribution is 5.79. The molecule has 2 aromatic rings. The molecule has 156 valence electrons. The first-order valence-corrected chi connectivity index (χ1v) is 10.2. The number of aliphatic imine (C=N–C) groups is 1. The van der Waals surface area contributed by atoms with Gasteiger partial charge in [-0.1, -0.05) is 30.3 Å². The summed E-state index contributed by atoms with van der Waals surface area (Å²) < 4.78 is 11.1. The Morgan fingerprint density at radius 3 is 2.48 bits per heavy atom. The molecule has 1 saturated heterocycles. The molecule has 0 bridgehead atoms. The molecule has 3 rings (SSSR count). The molecule has 0 unspecified atom stereocenters. The van der Waals surface area contributed by atoms with Crippen LogP contribution in [0.25, 0.3) is 0 Å². The average molecular weight is 398 g/mol. The molecular weight excluding hydrogens is 366 g/mol. The van der Waals surface area contributed by atoms with Gasteiger partial charge in [0.25, 0.3) is 0 Å². The first-order valence-electron chi connectivity index (χ1n) is 10.2. The lowest BCUT2D eigenvalue weighted by atomic mass is 10.1. The molecule has 29 heavy (non-hydrogen) atoms. The quantitative estimate of drug-likeness (QED) is 0.526. The molecule has 0 atom stereocenters. The first-order chi connectivity index (χ1) is 14.3. The summed E-state index contributed by atoms with van der Waals surface area (Å²) in [6, 6.07) is 12.5. The lowest BCUT2D eigenvalue weighted by molar-refractivity contribution is 0.0341. The smallest absolute Gasteiger partial charge is 0.218 e. The number of ether oxygens (including phenoxy) is 2. The highest BCUT2D eigenvalue weighted by atomic mass is 16.5. The molecule has 1 aliphatic heterocycles. The Bertz CT molecular complexity index is 790. The Balaban J connectivity index is 1.56. The molecule has 0 saturated carbocycles.